The van der Waals surface area contributed by atoms with E-state index in [9.17, 15) is 4.79 Å². The zero-order valence-corrected chi connectivity index (χ0v) is 10.7. The second kappa shape index (κ2) is 7.07. The summed E-state index contributed by atoms with van der Waals surface area (Å²) < 4.78 is 0. The molecule has 0 radical (unpaired) electrons. The van der Waals surface area contributed by atoms with Gasteiger partial charge in [-0.25, -0.2) is 0 Å². The first-order valence-corrected chi connectivity index (χ1v) is 6.20. The molecule has 0 aliphatic carbocycles. The minimum Gasteiger partial charge on any atom is -0.330 e. The summed E-state index contributed by atoms with van der Waals surface area (Å²) in [5, 5.41) is 2.90. The van der Waals surface area contributed by atoms with E-state index in [0.717, 1.165) is 18.5 Å². The van der Waals surface area contributed by atoms with E-state index < -0.39 is 0 Å². The molecule has 0 aromatic heterocycles. The van der Waals surface area contributed by atoms with Crippen molar-refractivity contribution in [2.75, 3.05) is 11.9 Å². The van der Waals surface area contributed by atoms with Crippen LogP contribution in [0.2, 0.25) is 0 Å². The second-order valence-corrected chi connectivity index (χ2v) is 4.72. The van der Waals surface area contributed by atoms with Gasteiger partial charge in [-0.1, -0.05) is 26.0 Å². The van der Waals surface area contributed by atoms with E-state index in [1.54, 1.807) is 0 Å². The molecular weight excluding hydrogens is 212 g/mol. The molecule has 0 heterocycles. The molecule has 3 heteroatoms. The number of benzene rings is 1. The Labute approximate surface area is 103 Å². The quantitative estimate of drug-likeness (QED) is 0.794. The highest BCUT2D eigenvalue weighted by atomic mass is 16.1. The van der Waals surface area contributed by atoms with E-state index >= 15 is 0 Å². The van der Waals surface area contributed by atoms with Gasteiger partial charge in [-0.15, -0.1) is 0 Å². The van der Waals surface area contributed by atoms with Gasteiger partial charge in [-0.05, 0) is 43.0 Å². The minimum absolute atomic E-state index is 0.0882. The molecule has 1 aromatic rings. The molecule has 94 valence electrons. The molecule has 1 aromatic carbocycles. The van der Waals surface area contributed by atoms with Crippen molar-refractivity contribution in [1.82, 2.24) is 0 Å². The smallest absolute Gasteiger partial charge is 0.224 e. The molecule has 1 amide bonds. The van der Waals surface area contributed by atoms with Crippen molar-refractivity contribution in [3.8, 4) is 0 Å². The molecule has 0 spiro atoms. The molecular formula is C14H22N2O. The zero-order chi connectivity index (χ0) is 12.7. The average Bonchev–Trinajstić information content (AvgIpc) is 2.29. The lowest BCUT2D eigenvalue weighted by molar-refractivity contribution is -0.116. The summed E-state index contributed by atoms with van der Waals surface area (Å²) in [7, 11) is 0. The fourth-order valence-electron chi connectivity index (χ4n) is 1.56. The van der Waals surface area contributed by atoms with Crippen LogP contribution in [0.4, 0.5) is 5.69 Å². The summed E-state index contributed by atoms with van der Waals surface area (Å²) in [6.07, 6.45) is 2.39. The normalized spacial score (nSPS) is 10.6. The van der Waals surface area contributed by atoms with Gasteiger partial charge in [0.15, 0.2) is 0 Å². The Balaban J connectivity index is 2.43. The largest absolute Gasteiger partial charge is 0.330 e. The van der Waals surface area contributed by atoms with Crippen molar-refractivity contribution >= 4 is 11.6 Å². The Morgan fingerprint density at radius 2 is 1.94 bits per heavy atom. The van der Waals surface area contributed by atoms with Crippen LogP contribution >= 0.6 is 0 Å². The highest BCUT2D eigenvalue weighted by Crippen LogP contribution is 2.11. The molecule has 17 heavy (non-hydrogen) atoms. The Kier molecular flexibility index (Phi) is 5.70. The minimum atomic E-state index is 0.0882. The van der Waals surface area contributed by atoms with Gasteiger partial charge in [-0.2, -0.15) is 0 Å². The van der Waals surface area contributed by atoms with Crippen LogP contribution in [0, 0.1) is 5.92 Å². The Hall–Kier alpha value is -1.35. The highest BCUT2D eigenvalue weighted by Gasteiger charge is 2.03. The number of hydrogen-bond acceptors (Lipinski definition) is 2. The molecule has 0 saturated carbocycles. The van der Waals surface area contributed by atoms with Gasteiger partial charge in [0.2, 0.25) is 5.91 Å². The van der Waals surface area contributed by atoms with E-state index in [1.807, 2.05) is 24.3 Å². The Morgan fingerprint density at radius 3 is 2.47 bits per heavy atom. The number of nitrogens with two attached hydrogens (primary N) is 1. The number of carbonyl (C=O) groups excluding carboxylic acids is 1. The molecule has 1 rings (SSSR count). The van der Waals surface area contributed by atoms with Crippen LogP contribution in [-0.2, 0) is 11.2 Å². The molecule has 3 nitrogen and oxygen atoms in total. The van der Waals surface area contributed by atoms with Crippen molar-refractivity contribution in [3.05, 3.63) is 29.8 Å². The molecule has 0 saturated heterocycles. The van der Waals surface area contributed by atoms with Gasteiger partial charge in [0, 0.05) is 12.1 Å². The summed E-state index contributed by atoms with van der Waals surface area (Å²) >= 11 is 0. The van der Waals surface area contributed by atoms with E-state index in [2.05, 4.69) is 19.2 Å². The molecule has 3 N–H and O–H groups in total. The van der Waals surface area contributed by atoms with Crippen LogP contribution in [-0.4, -0.2) is 12.5 Å². The topological polar surface area (TPSA) is 55.1 Å². The second-order valence-electron chi connectivity index (χ2n) is 4.72. The summed E-state index contributed by atoms with van der Waals surface area (Å²) in [5.41, 5.74) is 7.54. The number of carbonyl (C=O) groups is 1. The van der Waals surface area contributed by atoms with E-state index in [0.29, 0.717) is 18.9 Å². The zero-order valence-electron chi connectivity index (χ0n) is 10.7. The maximum absolute atomic E-state index is 11.6. The summed E-state index contributed by atoms with van der Waals surface area (Å²) in [5.74, 6) is 0.651. The number of anilines is 1. The summed E-state index contributed by atoms with van der Waals surface area (Å²) in [6, 6.07) is 7.87. The lowest BCUT2D eigenvalue weighted by Crippen LogP contribution is -2.12. The first kappa shape index (κ1) is 13.7. The van der Waals surface area contributed by atoms with Gasteiger partial charge in [0.05, 0.1) is 0 Å². The van der Waals surface area contributed by atoms with Gasteiger partial charge in [-0.3, -0.25) is 4.79 Å². The standard InChI is InChI=1S/C14H22N2O/c1-11(2)3-8-14(17)16-13-6-4-12(5-7-13)9-10-15/h4-7,11H,3,8-10,15H2,1-2H3,(H,16,17). The fraction of sp³-hybridized carbons (Fsp3) is 0.500. The van der Waals surface area contributed by atoms with Crippen molar-refractivity contribution in [1.29, 1.82) is 0 Å². The van der Waals surface area contributed by atoms with E-state index in [1.165, 1.54) is 5.56 Å². The van der Waals surface area contributed by atoms with Crippen LogP contribution in [0.25, 0.3) is 0 Å². The van der Waals surface area contributed by atoms with Crippen molar-refractivity contribution < 1.29 is 4.79 Å². The number of hydrogen-bond donors (Lipinski definition) is 2. The van der Waals surface area contributed by atoms with Gasteiger partial charge in [0.25, 0.3) is 0 Å². The number of rotatable bonds is 6. The number of nitrogens with one attached hydrogen (secondary N) is 1. The Morgan fingerprint density at radius 1 is 1.29 bits per heavy atom. The predicted octanol–water partition coefficient (Wildman–Crippen LogP) is 2.56. The first-order chi connectivity index (χ1) is 8.11. The third-order valence-electron chi connectivity index (χ3n) is 2.62. The molecule has 0 aliphatic heterocycles. The molecule has 0 atom stereocenters. The Bertz CT molecular complexity index is 344. The molecule has 0 bridgehead atoms. The van der Waals surface area contributed by atoms with Crippen molar-refractivity contribution in [2.24, 2.45) is 11.7 Å². The first-order valence-electron chi connectivity index (χ1n) is 6.20. The van der Waals surface area contributed by atoms with Crippen molar-refractivity contribution in [3.63, 3.8) is 0 Å². The highest BCUT2D eigenvalue weighted by molar-refractivity contribution is 5.90. The predicted molar refractivity (Wildman–Crippen MR) is 71.9 cm³/mol. The van der Waals surface area contributed by atoms with Crippen molar-refractivity contribution in [2.45, 2.75) is 33.1 Å². The third-order valence-corrected chi connectivity index (χ3v) is 2.62. The molecule has 0 aliphatic rings. The maximum atomic E-state index is 11.6. The summed E-state index contributed by atoms with van der Waals surface area (Å²) in [4.78, 5) is 11.6. The van der Waals surface area contributed by atoms with E-state index in [-0.39, 0.29) is 5.91 Å². The van der Waals surface area contributed by atoms with Crippen LogP contribution in [0.1, 0.15) is 32.3 Å². The number of amides is 1. The third kappa shape index (κ3) is 5.50. The van der Waals surface area contributed by atoms with Gasteiger partial charge >= 0.3 is 0 Å². The van der Waals surface area contributed by atoms with E-state index in [4.69, 9.17) is 5.73 Å². The van der Waals surface area contributed by atoms with Crippen LogP contribution < -0.4 is 11.1 Å². The lowest BCUT2D eigenvalue weighted by atomic mass is 10.1. The van der Waals surface area contributed by atoms with Gasteiger partial charge < -0.3 is 11.1 Å². The fourth-order valence-corrected chi connectivity index (χ4v) is 1.56. The molecule has 0 fully saturated rings. The monoisotopic (exact) mass is 234 g/mol. The average molecular weight is 234 g/mol. The van der Waals surface area contributed by atoms with Crippen LogP contribution in [0.3, 0.4) is 0 Å². The SMILES string of the molecule is CC(C)CCC(=O)Nc1ccc(CCN)cc1. The lowest BCUT2D eigenvalue weighted by Gasteiger charge is -2.07. The summed E-state index contributed by atoms with van der Waals surface area (Å²) in [6.45, 7) is 4.89. The van der Waals surface area contributed by atoms with Crippen LogP contribution in [0.15, 0.2) is 24.3 Å². The van der Waals surface area contributed by atoms with Crippen LogP contribution in [0.5, 0.6) is 0 Å². The molecule has 0 unspecified atom stereocenters. The van der Waals surface area contributed by atoms with Gasteiger partial charge in [0.1, 0.15) is 0 Å². The maximum Gasteiger partial charge on any atom is 0.224 e.